The molecule has 0 aromatic heterocycles. The van der Waals surface area contributed by atoms with Gasteiger partial charge in [0.1, 0.15) is 11.9 Å². The van der Waals surface area contributed by atoms with Gasteiger partial charge in [-0.15, -0.1) is 0 Å². The van der Waals surface area contributed by atoms with Gasteiger partial charge in [-0.25, -0.2) is 0 Å². The molecule has 2 heterocycles. The van der Waals surface area contributed by atoms with Crippen molar-refractivity contribution in [2.45, 2.75) is 82.5 Å². The Morgan fingerprint density at radius 3 is 2.36 bits per heavy atom. The third-order valence-electron chi connectivity index (χ3n) is 7.72. The van der Waals surface area contributed by atoms with Crippen LogP contribution in [0.4, 0.5) is 0 Å². The molecule has 0 spiro atoms. The summed E-state index contributed by atoms with van der Waals surface area (Å²) in [6.07, 6.45) is 4.30. The summed E-state index contributed by atoms with van der Waals surface area (Å²) < 4.78 is 0. The molecule has 8 nitrogen and oxygen atoms in total. The van der Waals surface area contributed by atoms with E-state index in [-0.39, 0.29) is 28.9 Å². The van der Waals surface area contributed by atoms with Crippen molar-refractivity contribution in [2.75, 3.05) is 19.7 Å². The number of nitrogens with one attached hydrogen (secondary N) is 1. The van der Waals surface area contributed by atoms with Crippen molar-refractivity contribution < 1.29 is 24.9 Å². The van der Waals surface area contributed by atoms with Crippen LogP contribution in [0, 0.1) is 5.92 Å². The maximum Gasteiger partial charge on any atom is 0.252 e. The summed E-state index contributed by atoms with van der Waals surface area (Å²) in [5.41, 5.74) is 6.38. The lowest BCUT2D eigenvalue weighted by atomic mass is 9.83. The van der Waals surface area contributed by atoms with Gasteiger partial charge in [-0.05, 0) is 49.1 Å². The van der Waals surface area contributed by atoms with Crippen molar-refractivity contribution in [3.63, 3.8) is 0 Å². The molecule has 2 fully saturated rings. The minimum atomic E-state index is -1.35. The molecule has 2 saturated heterocycles. The summed E-state index contributed by atoms with van der Waals surface area (Å²) in [6, 6.07) is 5.53. The van der Waals surface area contributed by atoms with Gasteiger partial charge in [0.15, 0.2) is 5.78 Å². The molecule has 8 heteroatoms. The Labute approximate surface area is 196 Å². The number of benzene rings is 1. The van der Waals surface area contributed by atoms with Crippen LogP contribution in [-0.4, -0.2) is 75.8 Å². The Kier molecular flexibility index (Phi) is 8.87. The molecule has 0 saturated carbocycles. The minimum absolute atomic E-state index is 0.0125. The first-order chi connectivity index (χ1) is 15.8. The summed E-state index contributed by atoms with van der Waals surface area (Å²) in [4.78, 5) is 26.7. The number of nitrogens with two attached hydrogens (primary N) is 1. The van der Waals surface area contributed by atoms with Gasteiger partial charge < -0.3 is 26.4 Å². The van der Waals surface area contributed by atoms with Gasteiger partial charge in [0, 0.05) is 25.2 Å². The summed E-state index contributed by atoms with van der Waals surface area (Å²) in [6.45, 7) is 4.95. The Balaban J connectivity index is 1.63. The topological polar surface area (TPSA) is 136 Å². The first-order valence-electron chi connectivity index (χ1n) is 12.3. The molecule has 33 heavy (non-hydrogen) atoms. The van der Waals surface area contributed by atoms with Crippen LogP contribution in [0.1, 0.15) is 74.2 Å². The Morgan fingerprint density at radius 2 is 1.82 bits per heavy atom. The van der Waals surface area contributed by atoms with Gasteiger partial charge in [-0.1, -0.05) is 38.8 Å². The summed E-state index contributed by atoms with van der Waals surface area (Å²) in [7, 11) is 0. The molecule has 2 bridgehead atoms. The lowest BCUT2D eigenvalue weighted by Gasteiger charge is -2.40. The fraction of sp³-hybridized carbons (Fsp3) is 0.680. The number of fused-ring (bicyclic) bond motifs is 2. The number of nitrogens with zero attached hydrogens (tertiary/aromatic N) is 1. The van der Waals surface area contributed by atoms with E-state index < -0.39 is 24.7 Å². The van der Waals surface area contributed by atoms with E-state index in [4.69, 9.17) is 5.73 Å². The lowest BCUT2D eigenvalue weighted by molar-refractivity contribution is -0.132. The number of ketones is 1. The molecular formula is C25H39N3O5. The Bertz CT molecular complexity index is 814. The first-order valence-corrected chi connectivity index (χ1v) is 12.3. The SMILES string of the molecule is CCC(CC)C(NCCN1C2CCC1CC(c1cccc(C(N)=O)c1O)C2)C(=O)[C@@H](O)CO. The molecule has 3 unspecified atom stereocenters. The number of carbonyl (C=O) groups is 2. The van der Waals surface area contributed by atoms with Crippen LogP contribution in [0.25, 0.3) is 0 Å². The van der Waals surface area contributed by atoms with Crippen molar-refractivity contribution in [2.24, 2.45) is 11.7 Å². The zero-order valence-corrected chi connectivity index (χ0v) is 19.7. The molecule has 4 atom stereocenters. The number of amides is 1. The van der Waals surface area contributed by atoms with E-state index >= 15 is 0 Å². The predicted molar refractivity (Wildman–Crippen MR) is 126 cm³/mol. The average Bonchev–Trinajstić information content (AvgIpc) is 3.04. The predicted octanol–water partition coefficient (Wildman–Crippen LogP) is 1.52. The average molecular weight is 462 g/mol. The maximum atomic E-state index is 12.6. The molecule has 6 N–H and O–H groups in total. The zero-order valence-electron chi connectivity index (χ0n) is 19.7. The number of primary amides is 1. The van der Waals surface area contributed by atoms with E-state index in [2.05, 4.69) is 10.2 Å². The number of hydrogen-bond acceptors (Lipinski definition) is 7. The van der Waals surface area contributed by atoms with Crippen LogP contribution in [0.15, 0.2) is 18.2 Å². The number of phenols is 1. The molecular weight excluding hydrogens is 422 g/mol. The zero-order chi connectivity index (χ0) is 24.1. The normalized spacial score (nSPS) is 24.7. The highest BCUT2D eigenvalue weighted by Gasteiger charge is 2.41. The molecule has 2 aliphatic heterocycles. The van der Waals surface area contributed by atoms with Gasteiger partial charge in [-0.2, -0.15) is 0 Å². The fourth-order valence-electron chi connectivity index (χ4n) is 5.89. The number of carbonyl (C=O) groups excluding carboxylic acids is 2. The quantitative estimate of drug-likeness (QED) is 0.318. The molecule has 3 rings (SSSR count). The summed E-state index contributed by atoms with van der Waals surface area (Å²) in [5, 5.41) is 33.1. The molecule has 1 amide bonds. The molecule has 0 aliphatic carbocycles. The van der Waals surface area contributed by atoms with Gasteiger partial charge in [0.2, 0.25) is 0 Å². The molecule has 1 aromatic carbocycles. The third kappa shape index (κ3) is 5.57. The number of aromatic hydroxyl groups is 1. The van der Waals surface area contributed by atoms with Crippen molar-refractivity contribution in [3.05, 3.63) is 29.3 Å². The number of para-hydroxylation sites is 1. The van der Waals surface area contributed by atoms with Crippen molar-refractivity contribution in [1.29, 1.82) is 0 Å². The molecule has 184 valence electrons. The van der Waals surface area contributed by atoms with Crippen LogP contribution in [-0.2, 0) is 4.79 Å². The number of Topliss-reactive ketones (excluding diaryl/α,β-unsaturated/α-hetero) is 1. The van der Waals surface area contributed by atoms with E-state index in [1.807, 2.05) is 19.9 Å². The summed E-state index contributed by atoms with van der Waals surface area (Å²) >= 11 is 0. The Morgan fingerprint density at radius 1 is 1.18 bits per heavy atom. The molecule has 0 radical (unpaired) electrons. The number of piperidine rings is 1. The van der Waals surface area contributed by atoms with Gasteiger partial charge in [0.25, 0.3) is 5.91 Å². The van der Waals surface area contributed by atoms with Crippen LogP contribution < -0.4 is 11.1 Å². The largest absolute Gasteiger partial charge is 0.507 e. The van der Waals surface area contributed by atoms with Crippen molar-refractivity contribution >= 4 is 11.7 Å². The van der Waals surface area contributed by atoms with Gasteiger partial charge in [0.05, 0.1) is 18.2 Å². The standard InChI is InChI=1S/C25H39N3O5/c1-3-15(4-2)22(24(32)21(30)14-29)27-10-11-28-17-8-9-18(28)13-16(12-17)19-6-5-7-20(23(19)31)25(26)33/h5-7,15-18,21-22,27,29-31H,3-4,8-14H2,1-2H3,(H2,26,33)/t16?,17?,18?,21-,22?/m0/s1. The van der Waals surface area contributed by atoms with E-state index in [0.29, 0.717) is 18.6 Å². The highest BCUT2D eigenvalue weighted by atomic mass is 16.3. The number of rotatable bonds is 12. The Hall–Kier alpha value is -2.00. The smallest absolute Gasteiger partial charge is 0.252 e. The van der Waals surface area contributed by atoms with Crippen LogP contribution >= 0.6 is 0 Å². The van der Waals surface area contributed by atoms with E-state index in [9.17, 15) is 24.9 Å². The number of hydrogen-bond donors (Lipinski definition) is 5. The van der Waals surface area contributed by atoms with Crippen molar-refractivity contribution in [1.82, 2.24) is 10.2 Å². The molecule has 1 aromatic rings. The van der Waals surface area contributed by atoms with E-state index in [0.717, 1.165) is 50.6 Å². The van der Waals surface area contributed by atoms with Gasteiger partial charge in [-0.3, -0.25) is 14.5 Å². The lowest BCUT2D eigenvalue weighted by Crippen LogP contribution is -2.51. The highest BCUT2D eigenvalue weighted by molar-refractivity contribution is 5.96. The fourth-order valence-corrected chi connectivity index (χ4v) is 5.89. The van der Waals surface area contributed by atoms with Crippen molar-refractivity contribution in [3.8, 4) is 5.75 Å². The maximum absolute atomic E-state index is 12.6. The minimum Gasteiger partial charge on any atom is -0.507 e. The van der Waals surface area contributed by atoms with Crippen LogP contribution in [0.2, 0.25) is 0 Å². The van der Waals surface area contributed by atoms with Crippen LogP contribution in [0.3, 0.4) is 0 Å². The second-order valence-corrected chi connectivity index (χ2v) is 9.51. The first kappa shape index (κ1) is 25.6. The third-order valence-corrected chi connectivity index (χ3v) is 7.72. The van der Waals surface area contributed by atoms with E-state index in [1.165, 1.54) is 0 Å². The van der Waals surface area contributed by atoms with E-state index in [1.54, 1.807) is 12.1 Å². The molecule has 2 aliphatic rings. The van der Waals surface area contributed by atoms with Gasteiger partial charge >= 0.3 is 0 Å². The van der Waals surface area contributed by atoms with Crippen LogP contribution in [0.5, 0.6) is 5.75 Å². The highest BCUT2D eigenvalue weighted by Crippen LogP contribution is 2.45. The number of aliphatic hydroxyl groups excluding tert-OH is 2. The number of aliphatic hydroxyl groups is 2. The summed E-state index contributed by atoms with van der Waals surface area (Å²) in [5.74, 6) is -0.642. The second kappa shape index (κ2) is 11.4. The monoisotopic (exact) mass is 461 g/mol. The second-order valence-electron chi connectivity index (χ2n) is 9.51.